The van der Waals surface area contributed by atoms with Gasteiger partial charge in [-0.1, -0.05) is 6.07 Å². The highest BCUT2D eigenvalue weighted by molar-refractivity contribution is 6.18. The van der Waals surface area contributed by atoms with Gasteiger partial charge in [0.25, 0.3) is 0 Å². The van der Waals surface area contributed by atoms with Crippen molar-refractivity contribution in [1.29, 1.82) is 0 Å². The minimum absolute atomic E-state index is 0.0632. The van der Waals surface area contributed by atoms with Crippen LogP contribution >= 0.6 is 11.6 Å². The zero-order valence-corrected chi connectivity index (χ0v) is 11.3. The number of halogens is 3. The lowest BCUT2D eigenvalue weighted by Gasteiger charge is -2.34. The van der Waals surface area contributed by atoms with Gasteiger partial charge in [0.05, 0.1) is 6.42 Å². The molecule has 5 heteroatoms. The van der Waals surface area contributed by atoms with Crippen LogP contribution in [0.15, 0.2) is 18.2 Å². The molecule has 0 spiro atoms. The van der Waals surface area contributed by atoms with Gasteiger partial charge in [-0.15, -0.1) is 11.6 Å². The number of alkyl halides is 1. The molecule has 1 aliphatic heterocycles. The van der Waals surface area contributed by atoms with Crippen LogP contribution in [-0.4, -0.2) is 29.3 Å². The molecule has 2 nitrogen and oxygen atoms in total. The van der Waals surface area contributed by atoms with Gasteiger partial charge >= 0.3 is 0 Å². The van der Waals surface area contributed by atoms with Crippen LogP contribution in [0.5, 0.6) is 0 Å². The van der Waals surface area contributed by atoms with Crippen molar-refractivity contribution in [2.45, 2.75) is 31.7 Å². The highest BCUT2D eigenvalue weighted by Gasteiger charge is 2.25. The minimum atomic E-state index is -0.919. The number of hydrogen-bond donors (Lipinski definition) is 0. The first-order valence-corrected chi connectivity index (χ1v) is 6.94. The Labute approximate surface area is 116 Å². The third-order valence-electron chi connectivity index (χ3n) is 3.46. The average molecular weight is 288 g/mol. The lowest BCUT2D eigenvalue weighted by molar-refractivity contribution is -0.133. The molecule has 19 heavy (non-hydrogen) atoms. The van der Waals surface area contributed by atoms with Crippen LogP contribution in [0.1, 0.15) is 24.8 Å². The van der Waals surface area contributed by atoms with Crippen LogP contribution in [0.2, 0.25) is 0 Å². The second-order valence-corrected chi connectivity index (χ2v) is 5.12. The van der Waals surface area contributed by atoms with Crippen molar-refractivity contribution in [1.82, 2.24) is 4.90 Å². The molecule has 0 aliphatic carbocycles. The largest absolute Gasteiger partial charge is 0.338 e. The molecule has 1 aromatic rings. The Morgan fingerprint density at radius 3 is 2.79 bits per heavy atom. The molecular weight excluding hydrogens is 272 g/mol. The average Bonchev–Trinajstić information content (AvgIpc) is 2.43. The molecule has 1 amide bonds. The van der Waals surface area contributed by atoms with E-state index in [2.05, 4.69) is 0 Å². The zero-order valence-electron chi connectivity index (χ0n) is 10.5. The van der Waals surface area contributed by atoms with Crippen molar-refractivity contribution >= 4 is 17.5 Å². The first-order valence-electron chi connectivity index (χ1n) is 6.41. The number of carbonyl (C=O) groups is 1. The fraction of sp³-hybridized carbons (Fsp3) is 0.500. The number of benzene rings is 1. The summed E-state index contributed by atoms with van der Waals surface area (Å²) in [5.74, 6) is -1.47. The topological polar surface area (TPSA) is 20.3 Å². The normalized spacial score (nSPS) is 19.5. The van der Waals surface area contributed by atoms with Gasteiger partial charge in [0, 0.05) is 18.5 Å². The van der Waals surface area contributed by atoms with Crippen LogP contribution in [0, 0.1) is 11.6 Å². The van der Waals surface area contributed by atoms with E-state index in [1.165, 1.54) is 6.07 Å². The van der Waals surface area contributed by atoms with Gasteiger partial charge in [0.1, 0.15) is 0 Å². The van der Waals surface area contributed by atoms with E-state index in [9.17, 15) is 13.6 Å². The Bertz CT molecular complexity index is 467. The van der Waals surface area contributed by atoms with Crippen molar-refractivity contribution in [2.75, 3.05) is 12.4 Å². The smallest absolute Gasteiger partial charge is 0.227 e. The van der Waals surface area contributed by atoms with Gasteiger partial charge in [-0.3, -0.25) is 4.79 Å². The molecule has 0 saturated carbocycles. The van der Waals surface area contributed by atoms with Crippen molar-refractivity contribution in [3.8, 4) is 0 Å². The van der Waals surface area contributed by atoms with E-state index in [1.54, 1.807) is 4.90 Å². The van der Waals surface area contributed by atoms with Gasteiger partial charge < -0.3 is 4.90 Å². The lowest BCUT2D eigenvalue weighted by Crippen LogP contribution is -2.45. The molecule has 1 unspecified atom stereocenters. The van der Waals surface area contributed by atoms with Crippen LogP contribution in [0.4, 0.5) is 8.78 Å². The van der Waals surface area contributed by atoms with Crippen LogP contribution in [-0.2, 0) is 11.2 Å². The third kappa shape index (κ3) is 3.44. The molecule has 1 fully saturated rings. The van der Waals surface area contributed by atoms with E-state index in [4.69, 9.17) is 11.6 Å². The number of amides is 1. The monoisotopic (exact) mass is 287 g/mol. The molecule has 1 saturated heterocycles. The summed E-state index contributed by atoms with van der Waals surface area (Å²) in [6.07, 6.45) is 3.04. The summed E-state index contributed by atoms with van der Waals surface area (Å²) in [6.45, 7) is 0.694. The van der Waals surface area contributed by atoms with Gasteiger partial charge in [-0.05, 0) is 37.0 Å². The van der Waals surface area contributed by atoms with Crippen LogP contribution in [0.3, 0.4) is 0 Å². The number of piperidine rings is 1. The number of hydrogen-bond acceptors (Lipinski definition) is 1. The van der Waals surface area contributed by atoms with E-state index >= 15 is 0 Å². The quantitative estimate of drug-likeness (QED) is 0.782. The number of carbonyl (C=O) groups excluding carboxylic acids is 1. The van der Waals surface area contributed by atoms with Gasteiger partial charge in [-0.25, -0.2) is 8.78 Å². The summed E-state index contributed by atoms with van der Waals surface area (Å²) in [5.41, 5.74) is 0.489. The second kappa shape index (κ2) is 6.33. The molecule has 0 N–H and O–H groups in total. The predicted molar refractivity (Wildman–Crippen MR) is 70.1 cm³/mol. The Balaban J connectivity index is 2.05. The van der Waals surface area contributed by atoms with Gasteiger partial charge in [-0.2, -0.15) is 0 Å². The fourth-order valence-corrected chi connectivity index (χ4v) is 2.74. The molecule has 1 heterocycles. The van der Waals surface area contributed by atoms with E-state index in [-0.39, 0.29) is 18.4 Å². The Kier molecular flexibility index (Phi) is 4.75. The van der Waals surface area contributed by atoms with Gasteiger partial charge in [0.15, 0.2) is 11.6 Å². The number of nitrogens with zero attached hydrogens (tertiary/aromatic N) is 1. The number of rotatable bonds is 3. The molecule has 0 radical (unpaired) electrons. The summed E-state index contributed by atoms with van der Waals surface area (Å²) in [5, 5.41) is 0. The van der Waals surface area contributed by atoms with Crippen molar-refractivity contribution in [2.24, 2.45) is 0 Å². The molecular formula is C14H16ClF2NO. The molecule has 2 rings (SSSR count). The minimum Gasteiger partial charge on any atom is -0.338 e. The maximum Gasteiger partial charge on any atom is 0.227 e. The summed E-state index contributed by atoms with van der Waals surface area (Å²) < 4.78 is 25.9. The molecule has 1 aliphatic rings. The number of likely N-dealkylation sites (tertiary alicyclic amines) is 1. The van der Waals surface area contributed by atoms with E-state index < -0.39 is 11.6 Å². The first-order chi connectivity index (χ1) is 9.11. The standard InChI is InChI=1S/C14H16ClF2NO/c15-9-11-3-1-2-6-18(11)14(19)8-10-4-5-12(16)13(17)7-10/h4-5,7,11H,1-3,6,8-9H2. The third-order valence-corrected chi connectivity index (χ3v) is 3.82. The van der Waals surface area contributed by atoms with E-state index in [0.717, 1.165) is 31.4 Å². The van der Waals surface area contributed by atoms with Gasteiger partial charge in [0.2, 0.25) is 5.91 Å². The molecule has 0 aromatic heterocycles. The molecule has 1 atom stereocenters. The molecule has 0 bridgehead atoms. The Morgan fingerprint density at radius 1 is 1.32 bits per heavy atom. The SMILES string of the molecule is O=C(Cc1ccc(F)c(F)c1)N1CCCCC1CCl. The highest BCUT2D eigenvalue weighted by Crippen LogP contribution is 2.19. The molecule has 1 aromatic carbocycles. The first kappa shape index (κ1) is 14.3. The lowest BCUT2D eigenvalue weighted by atomic mass is 10.0. The van der Waals surface area contributed by atoms with Crippen molar-refractivity contribution in [3.63, 3.8) is 0 Å². The van der Waals surface area contributed by atoms with E-state index in [1.807, 2.05) is 0 Å². The Morgan fingerprint density at radius 2 is 2.11 bits per heavy atom. The highest BCUT2D eigenvalue weighted by atomic mass is 35.5. The van der Waals surface area contributed by atoms with Crippen molar-refractivity contribution in [3.05, 3.63) is 35.4 Å². The van der Waals surface area contributed by atoms with Crippen molar-refractivity contribution < 1.29 is 13.6 Å². The van der Waals surface area contributed by atoms with Crippen LogP contribution in [0.25, 0.3) is 0 Å². The summed E-state index contributed by atoms with van der Waals surface area (Å²) >= 11 is 5.86. The van der Waals surface area contributed by atoms with Crippen LogP contribution < -0.4 is 0 Å². The summed E-state index contributed by atoms with van der Waals surface area (Å²) in [4.78, 5) is 13.9. The Hall–Kier alpha value is -1.16. The van der Waals surface area contributed by atoms with E-state index in [0.29, 0.717) is 18.0 Å². The maximum absolute atomic E-state index is 13.1. The summed E-state index contributed by atoms with van der Waals surface area (Å²) in [6, 6.07) is 3.63. The maximum atomic E-state index is 13.1. The molecule has 104 valence electrons. The summed E-state index contributed by atoms with van der Waals surface area (Å²) in [7, 11) is 0. The predicted octanol–water partition coefficient (Wildman–Crippen LogP) is 3.13. The second-order valence-electron chi connectivity index (χ2n) is 4.82. The fourth-order valence-electron chi connectivity index (χ4n) is 2.42. The zero-order chi connectivity index (χ0) is 13.8.